The third-order valence-corrected chi connectivity index (χ3v) is 3.45. The molecular formula is C18H23Cl2NO. The van der Waals surface area contributed by atoms with Crippen LogP contribution in [-0.4, -0.2) is 24.8 Å². The second-order valence-corrected chi connectivity index (χ2v) is 5.78. The molecule has 4 heteroatoms. The van der Waals surface area contributed by atoms with E-state index in [1.807, 2.05) is 48.5 Å². The lowest BCUT2D eigenvalue weighted by atomic mass is 10.1. The summed E-state index contributed by atoms with van der Waals surface area (Å²) in [6, 6.07) is 15.8. The molecule has 0 saturated heterocycles. The van der Waals surface area contributed by atoms with E-state index in [-0.39, 0.29) is 6.61 Å². The summed E-state index contributed by atoms with van der Waals surface area (Å²) in [5, 5.41) is 12.8. The Morgan fingerprint density at radius 1 is 0.818 bits per heavy atom. The number of nitrogens with one attached hydrogen (secondary N) is 1. The van der Waals surface area contributed by atoms with Crippen molar-refractivity contribution in [2.45, 2.75) is 19.8 Å². The van der Waals surface area contributed by atoms with E-state index >= 15 is 0 Å². The van der Waals surface area contributed by atoms with Gasteiger partial charge in [0.2, 0.25) is 0 Å². The van der Waals surface area contributed by atoms with E-state index in [0.29, 0.717) is 0 Å². The van der Waals surface area contributed by atoms with Crippen LogP contribution >= 0.6 is 23.2 Å². The zero-order valence-corrected chi connectivity index (χ0v) is 14.4. The highest BCUT2D eigenvalue weighted by molar-refractivity contribution is 6.30. The zero-order chi connectivity index (χ0) is 16.2. The molecule has 0 heterocycles. The molecule has 0 aliphatic rings. The highest BCUT2D eigenvalue weighted by Gasteiger charge is 1.96. The van der Waals surface area contributed by atoms with Gasteiger partial charge >= 0.3 is 0 Å². The van der Waals surface area contributed by atoms with Gasteiger partial charge in [-0.1, -0.05) is 54.4 Å². The largest absolute Gasteiger partial charge is 0.395 e. The first-order valence-electron chi connectivity index (χ1n) is 7.46. The molecule has 0 bridgehead atoms. The van der Waals surface area contributed by atoms with Gasteiger partial charge in [0.15, 0.2) is 0 Å². The van der Waals surface area contributed by atoms with E-state index in [9.17, 15) is 0 Å². The van der Waals surface area contributed by atoms with Gasteiger partial charge in [0, 0.05) is 16.6 Å². The number of rotatable bonds is 6. The quantitative estimate of drug-likeness (QED) is 0.756. The summed E-state index contributed by atoms with van der Waals surface area (Å²) < 4.78 is 0. The van der Waals surface area contributed by atoms with E-state index in [1.165, 1.54) is 11.1 Å². The van der Waals surface area contributed by atoms with Crippen molar-refractivity contribution < 1.29 is 5.11 Å². The lowest BCUT2D eigenvalue weighted by Crippen LogP contribution is -2.18. The average molecular weight is 340 g/mol. The molecule has 0 unspecified atom stereocenters. The molecule has 2 nitrogen and oxygen atoms in total. The van der Waals surface area contributed by atoms with Gasteiger partial charge < -0.3 is 10.4 Å². The molecule has 0 saturated carbocycles. The first kappa shape index (κ1) is 19.0. The van der Waals surface area contributed by atoms with Crippen molar-refractivity contribution in [2.24, 2.45) is 0 Å². The van der Waals surface area contributed by atoms with Gasteiger partial charge in [0.1, 0.15) is 0 Å². The van der Waals surface area contributed by atoms with E-state index in [1.54, 1.807) is 0 Å². The van der Waals surface area contributed by atoms with Crippen LogP contribution in [-0.2, 0) is 6.42 Å². The third kappa shape index (κ3) is 8.40. The maximum Gasteiger partial charge on any atom is 0.0555 e. The molecule has 0 aromatic heterocycles. The Morgan fingerprint density at radius 3 is 1.64 bits per heavy atom. The number of halogens is 2. The maximum absolute atomic E-state index is 8.23. The van der Waals surface area contributed by atoms with Gasteiger partial charge in [-0.25, -0.2) is 0 Å². The SMILES string of the molecule is CCCNCCO.Clc1ccc(Cc2ccc(Cl)cc2)cc1. The van der Waals surface area contributed by atoms with Crippen molar-refractivity contribution in [3.63, 3.8) is 0 Å². The summed E-state index contributed by atoms with van der Waals surface area (Å²) in [6.45, 7) is 4.10. The molecule has 22 heavy (non-hydrogen) atoms. The molecule has 0 aliphatic carbocycles. The summed E-state index contributed by atoms with van der Waals surface area (Å²) in [7, 11) is 0. The number of hydrogen-bond acceptors (Lipinski definition) is 2. The Bertz CT molecular complexity index is 464. The van der Waals surface area contributed by atoms with Crippen LogP contribution < -0.4 is 5.32 Å². The van der Waals surface area contributed by atoms with Crippen LogP contribution in [0.25, 0.3) is 0 Å². The monoisotopic (exact) mass is 339 g/mol. The van der Waals surface area contributed by atoms with Crippen LogP contribution in [0, 0.1) is 0 Å². The summed E-state index contributed by atoms with van der Waals surface area (Å²) in [5.41, 5.74) is 2.50. The van der Waals surface area contributed by atoms with E-state index < -0.39 is 0 Å². The van der Waals surface area contributed by atoms with Crippen LogP contribution in [0.5, 0.6) is 0 Å². The van der Waals surface area contributed by atoms with Crippen LogP contribution in [0.3, 0.4) is 0 Å². The Hall–Kier alpha value is -1.06. The topological polar surface area (TPSA) is 32.3 Å². The van der Waals surface area contributed by atoms with Crippen molar-refractivity contribution in [1.82, 2.24) is 5.32 Å². The van der Waals surface area contributed by atoms with E-state index in [4.69, 9.17) is 28.3 Å². The smallest absolute Gasteiger partial charge is 0.0555 e. The maximum atomic E-state index is 8.23. The zero-order valence-electron chi connectivity index (χ0n) is 12.9. The van der Waals surface area contributed by atoms with Crippen LogP contribution in [0.15, 0.2) is 48.5 Å². The summed E-state index contributed by atoms with van der Waals surface area (Å²) in [4.78, 5) is 0. The van der Waals surface area contributed by atoms with Gasteiger partial charge in [0.05, 0.1) is 6.61 Å². The van der Waals surface area contributed by atoms with Gasteiger partial charge in [-0.05, 0) is 54.8 Å². The van der Waals surface area contributed by atoms with E-state index in [2.05, 4.69) is 12.2 Å². The number of benzene rings is 2. The Balaban J connectivity index is 0.000000295. The average Bonchev–Trinajstić information content (AvgIpc) is 2.53. The summed E-state index contributed by atoms with van der Waals surface area (Å²) in [6.07, 6.45) is 2.05. The van der Waals surface area contributed by atoms with Crippen molar-refractivity contribution in [3.05, 3.63) is 69.7 Å². The summed E-state index contributed by atoms with van der Waals surface area (Å²) >= 11 is 11.6. The first-order valence-corrected chi connectivity index (χ1v) is 8.21. The molecule has 0 radical (unpaired) electrons. The molecule has 0 aliphatic heterocycles. The van der Waals surface area contributed by atoms with Crippen molar-refractivity contribution in [1.29, 1.82) is 0 Å². The Labute approximate surface area is 143 Å². The van der Waals surface area contributed by atoms with Crippen molar-refractivity contribution in [3.8, 4) is 0 Å². The fourth-order valence-corrected chi connectivity index (χ4v) is 2.07. The molecular weight excluding hydrogens is 317 g/mol. The second-order valence-electron chi connectivity index (χ2n) is 4.90. The molecule has 0 atom stereocenters. The normalized spacial score (nSPS) is 10.0. The van der Waals surface area contributed by atoms with Gasteiger partial charge in [-0.3, -0.25) is 0 Å². The molecule has 0 amide bonds. The van der Waals surface area contributed by atoms with E-state index in [0.717, 1.165) is 36.0 Å². The van der Waals surface area contributed by atoms with Crippen LogP contribution in [0.1, 0.15) is 24.5 Å². The molecule has 2 aromatic carbocycles. The minimum absolute atomic E-state index is 0.250. The minimum Gasteiger partial charge on any atom is -0.395 e. The minimum atomic E-state index is 0.250. The highest BCUT2D eigenvalue weighted by Crippen LogP contribution is 2.15. The predicted octanol–water partition coefficient (Wildman–Crippen LogP) is 4.56. The lowest BCUT2D eigenvalue weighted by molar-refractivity contribution is 0.292. The summed E-state index contributed by atoms with van der Waals surface area (Å²) in [5.74, 6) is 0. The van der Waals surface area contributed by atoms with Gasteiger partial charge in [0.25, 0.3) is 0 Å². The Morgan fingerprint density at radius 2 is 1.27 bits per heavy atom. The van der Waals surface area contributed by atoms with Crippen LogP contribution in [0.2, 0.25) is 10.0 Å². The van der Waals surface area contributed by atoms with Crippen LogP contribution in [0.4, 0.5) is 0 Å². The molecule has 2 N–H and O–H groups in total. The van der Waals surface area contributed by atoms with Gasteiger partial charge in [-0.15, -0.1) is 0 Å². The second kappa shape index (κ2) is 11.5. The standard InChI is InChI=1S/C13H10Cl2.C5H13NO/c14-12-5-1-10(2-6-12)9-11-3-7-13(15)8-4-11;1-2-3-6-4-5-7/h1-8H,9H2;6-7H,2-5H2,1H3. The highest BCUT2D eigenvalue weighted by atomic mass is 35.5. The number of hydrogen-bond donors (Lipinski definition) is 2. The number of aliphatic hydroxyl groups excluding tert-OH is 1. The van der Waals surface area contributed by atoms with Gasteiger partial charge in [-0.2, -0.15) is 0 Å². The molecule has 0 spiro atoms. The van der Waals surface area contributed by atoms with Crippen molar-refractivity contribution in [2.75, 3.05) is 19.7 Å². The fourth-order valence-electron chi connectivity index (χ4n) is 1.82. The molecule has 2 rings (SSSR count). The molecule has 2 aromatic rings. The molecule has 0 fully saturated rings. The predicted molar refractivity (Wildman–Crippen MR) is 96.0 cm³/mol. The van der Waals surface area contributed by atoms with Crippen molar-refractivity contribution >= 4 is 23.2 Å². The third-order valence-electron chi connectivity index (χ3n) is 2.95. The lowest BCUT2D eigenvalue weighted by Gasteiger charge is -2.02. The number of aliphatic hydroxyl groups is 1. The fraction of sp³-hybridized carbons (Fsp3) is 0.333. The Kier molecular flexibility index (Phi) is 9.93. The first-order chi connectivity index (χ1) is 10.7. The molecule has 120 valence electrons.